The first-order chi connectivity index (χ1) is 6.76. The molecule has 1 fully saturated rings. The maximum atomic E-state index is 8.92. The number of nitrogens with one attached hydrogen (secondary N) is 1. The molecule has 1 aliphatic rings. The van der Waals surface area contributed by atoms with Gasteiger partial charge in [-0.2, -0.15) is 0 Å². The normalized spacial score (nSPS) is 20.8. The Hall–Kier alpha value is -0.120. The molecule has 2 N–H and O–H groups in total. The largest absolute Gasteiger partial charge is 0.396 e. The van der Waals surface area contributed by atoms with Crippen LogP contribution in [0.3, 0.4) is 0 Å². The lowest BCUT2D eigenvalue weighted by Gasteiger charge is -2.20. The van der Waals surface area contributed by atoms with Crippen LogP contribution in [-0.2, 0) is 4.74 Å². The molecular formula is C11H23NO2. The van der Waals surface area contributed by atoms with Crippen molar-refractivity contribution in [2.75, 3.05) is 26.9 Å². The summed E-state index contributed by atoms with van der Waals surface area (Å²) in [6, 6.07) is 0.469. The molecule has 0 aromatic carbocycles. The first kappa shape index (κ1) is 12.0. The molecule has 14 heavy (non-hydrogen) atoms. The van der Waals surface area contributed by atoms with Crippen molar-refractivity contribution in [1.82, 2.24) is 5.32 Å². The number of rotatable bonds is 8. The van der Waals surface area contributed by atoms with Gasteiger partial charge in [-0.15, -0.1) is 0 Å². The molecule has 1 saturated carbocycles. The SMILES string of the molecule is CCC(COC)NCC1(CCO)CC1. The Labute approximate surface area is 86.8 Å². The topological polar surface area (TPSA) is 41.5 Å². The summed E-state index contributed by atoms with van der Waals surface area (Å²) >= 11 is 0. The fourth-order valence-electron chi connectivity index (χ4n) is 1.81. The molecule has 0 amide bonds. The summed E-state index contributed by atoms with van der Waals surface area (Å²) in [5.41, 5.74) is 0.413. The van der Waals surface area contributed by atoms with Crippen LogP contribution >= 0.6 is 0 Å². The van der Waals surface area contributed by atoms with Crippen molar-refractivity contribution in [2.24, 2.45) is 5.41 Å². The molecule has 3 nitrogen and oxygen atoms in total. The van der Waals surface area contributed by atoms with Gasteiger partial charge in [-0.1, -0.05) is 6.92 Å². The molecule has 0 aliphatic heterocycles. The van der Waals surface area contributed by atoms with Gasteiger partial charge in [0.25, 0.3) is 0 Å². The van der Waals surface area contributed by atoms with Crippen molar-refractivity contribution in [3.8, 4) is 0 Å². The Balaban J connectivity index is 2.17. The molecule has 1 aliphatic carbocycles. The van der Waals surface area contributed by atoms with Crippen LogP contribution in [0, 0.1) is 5.41 Å². The average molecular weight is 201 g/mol. The maximum absolute atomic E-state index is 8.92. The zero-order valence-corrected chi connectivity index (χ0v) is 9.38. The van der Waals surface area contributed by atoms with Gasteiger partial charge in [-0.3, -0.25) is 0 Å². The van der Waals surface area contributed by atoms with E-state index in [2.05, 4.69) is 12.2 Å². The summed E-state index contributed by atoms with van der Waals surface area (Å²) in [6.45, 7) is 4.31. The van der Waals surface area contributed by atoms with Crippen LogP contribution in [-0.4, -0.2) is 38.0 Å². The van der Waals surface area contributed by atoms with Gasteiger partial charge in [-0.25, -0.2) is 0 Å². The molecule has 0 saturated heterocycles. The number of ether oxygens (including phenoxy) is 1. The van der Waals surface area contributed by atoms with E-state index in [9.17, 15) is 0 Å². The Bertz CT molecular complexity index is 157. The van der Waals surface area contributed by atoms with E-state index in [1.165, 1.54) is 12.8 Å². The van der Waals surface area contributed by atoms with E-state index in [-0.39, 0.29) is 0 Å². The van der Waals surface area contributed by atoms with Gasteiger partial charge < -0.3 is 15.2 Å². The van der Waals surface area contributed by atoms with Crippen LogP contribution in [0.25, 0.3) is 0 Å². The summed E-state index contributed by atoms with van der Waals surface area (Å²) in [7, 11) is 1.74. The van der Waals surface area contributed by atoms with Crippen LogP contribution in [0.4, 0.5) is 0 Å². The van der Waals surface area contributed by atoms with Crippen molar-refractivity contribution in [3.63, 3.8) is 0 Å². The first-order valence-electron chi connectivity index (χ1n) is 5.59. The Morgan fingerprint density at radius 2 is 2.21 bits per heavy atom. The lowest BCUT2D eigenvalue weighted by molar-refractivity contribution is 0.158. The zero-order valence-electron chi connectivity index (χ0n) is 9.38. The average Bonchev–Trinajstić information content (AvgIpc) is 2.94. The Morgan fingerprint density at radius 1 is 1.50 bits per heavy atom. The molecule has 1 unspecified atom stereocenters. The van der Waals surface area contributed by atoms with Gasteiger partial charge in [0.15, 0.2) is 0 Å². The summed E-state index contributed by atoms with van der Waals surface area (Å²) in [6.07, 6.45) is 4.58. The van der Waals surface area contributed by atoms with E-state index in [0.717, 1.165) is 26.0 Å². The van der Waals surface area contributed by atoms with Crippen molar-refractivity contribution >= 4 is 0 Å². The third kappa shape index (κ3) is 3.56. The van der Waals surface area contributed by atoms with Gasteiger partial charge in [0.1, 0.15) is 0 Å². The number of aliphatic hydroxyl groups is 1. The van der Waals surface area contributed by atoms with E-state index in [0.29, 0.717) is 18.1 Å². The maximum Gasteiger partial charge on any atom is 0.0615 e. The van der Waals surface area contributed by atoms with Crippen LogP contribution < -0.4 is 5.32 Å². The van der Waals surface area contributed by atoms with Crippen LogP contribution in [0.2, 0.25) is 0 Å². The van der Waals surface area contributed by atoms with E-state index in [4.69, 9.17) is 9.84 Å². The second-order valence-corrected chi connectivity index (χ2v) is 4.42. The molecule has 1 rings (SSSR count). The quantitative estimate of drug-likeness (QED) is 0.619. The smallest absolute Gasteiger partial charge is 0.0615 e. The summed E-state index contributed by atoms with van der Waals surface area (Å²) in [5.74, 6) is 0. The Kier molecular flexibility index (Phi) is 4.85. The number of aliphatic hydroxyl groups excluding tert-OH is 1. The minimum absolute atomic E-state index is 0.322. The van der Waals surface area contributed by atoms with E-state index in [1.54, 1.807) is 7.11 Å². The molecule has 0 radical (unpaired) electrons. The molecule has 0 aromatic heterocycles. The highest BCUT2D eigenvalue weighted by atomic mass is 16.5. The standard InChI is InChI=1S/C11H23NO2/c1-3-10(8-14-2)12-9-11(4-5-11)6-7-13/h10,12-13H,3-9H2,1-2H3. The molecule has 84 valence electrons. The fourth-order valence-corrected chi connectivity index (χ4v) is 1.81. The number of methoxy groups -OCH3 is 1. The minimum Gasteiger partial charge on any atom is -0.396 e. The lowest BCUT2D eigenvalue weighted by atomic mass is 10.0. The highest BCUT2D eigenvalue weighted by Gasteiger charge is 2.41. The molecule has 0 spiro atoms. The Morgan fingerprint density at radius 3 is 2.64 bits per heavy atom. The molecule has 0 bridgehead atoms. The third-order valence-corrected chi connectivity index (χ3v) is 3.23. The lowest BCUT2D eigenvalue weighted by Crippen LogP contribution is -2.37. The zero-order chi connectivity index (χ0) is 10.4. The van der Waals surface area contributed by atoms with Crippen molar-refractivity contribution in [3.05, 3.63) is 0 Å². The fraction of sp³-hybridized carbons (Fsp3) is 1.00. The van der Waals surface area contributed by atoms with Crippen molar-refractivity contribution < 1.29 is 9.84 Å². The summed E-state index contributed by atoms with van der Waals surface area (Å²) in [5, 5.41) is 12.4. The highest BCUT2D eigenvalue weighted by Crippen LogP contribution is 2.47. The van der Waals surface area contributed by atoms with Gasteiger partial charge in [0.05, 0.1) is 6.61 Å². The highest BCUT2D eigenvalue weighted by molar-refractivity contribution is 4.95. The van der Waals surface area contributed by atoms with Gasteiger partial charge in [-0.05, 0) is 31.1 Å². The second-order valence-electron chi connectivity index (χ2n) is 4.42. The van der Waals surface area contributed by atoms with Gasteiger partial charge >= 0.3 is 0 Å². The van der Waals surface area contributed by atoms with E-state index >= 15 is 0 Å². The predicted octanol–water partition coefficient (Wildman–Crippen LogP) is 1.16. The molecule has 3 heteroatoms. The third-order valence-electron chi connectivity index (χ3n) is 3.23. The molecule has 0 heterocycles. The van der Waals surface area contributed by atoms with Crippen LogP contribution in [0.5, 0.6) is 0 Å². The van der Waals surface area contributed by atoms with Crippen molar-refractivity contribution in [1.29, 1.82) is 0 Å². The number of hydrogen-bond acceptors (Lipinski definition) is 3. The van der Waals surface area contributed by atoms with Crippen LogP contribution in [0.15, 0.2) is 0 Å². The van der Waals surface area contributed by atoms with Gasteiger partial charge in [0.2, 0.25) is 0 Å². The van der Waals surface area contributed by atoms with Gasteiger partial charge in [0, 0.05) is 26.3 Å². The van der Waals surface area contributed by atoms with E-state index < -0.39 is 0 Å². The van der Waals surface area contributed by atoms with Crippen molar-refractivity contribution in [2.45, 2.75) is 38.6 Å². The number of hydrogen-bond donors (Lipinski definition) is 2. The predicted molar refractivity (Wildman–Crippen MR) is 57.3 cm³/mol. The van der Waals surface area contributed by atoms with E-state index in [1.807, 2.05) is 0 Å². The molecule has 1 atom stereocenters. The monoisotopic (exact) mass is 201 g/mol. The first-order valence-corrected chi connectivity index (χ1v) is 5.59. The molecular weight excluding hydrogens is 178 g/mol. The molecule has 0 aromatic rings. The summed E-state index contributed by atoms with van der Waals surface area (Å²) in [4.78, 5) is 0. The summed E-state index contributed by atoms with van der Waals surface area (Å²) < 4.78 is 5.13. The van der Waals surface area contributed by atoms with Crippen LogP contribution in [0.1, 0.15) is 32.6 Å². The second kappa shape index (κ2) is 5.69. The minimum atomic E-state index is 0.322.